The standard InChI is InChI=1S/C10H20O4/c1-9(13)4-3-7(5-8(9)12)10(2,14)6-11/h7-8,11-14H,3-6H2,1-2H3/t7-,8-,9+,10+/m1/s1. The maximum Gasteiger partial charge on any atom is 0.0878 e. The van der Waals surface area contributed by atoms with E-state index in [-0.39, 0.29) is 12.5 Å². The molecule has 4 N–H and O–H groups in total. The summed E-state index contributed by atoms with van der Waals surface area (Å²) >= 11 is 0. The van der Waals surface area contributed by atoms with E-state index in [0.29, 0.717) is 19.3 Å². The third kappa shape index (κ3) is 2.25. The van der Waals surface area contributed by atoms with Crippen molar-refractivity contribution in [3.05, 3.63) is 0 Å². The molecule has 1 rings (SSSR count). The number of hydrogen-bond acceptors (Lipinski definition) is 4. The molecule has 0 amide bonds. The highest BCUT2D eigenvalue weighted by Crippen LogP contribution is 2.37. The van der Waals surface area contributed by atoms with E-state index in [1.807, 2.05) is 0 Å². The Morgan fingerprint density at radius 1 is 1.50 bits per heavy atom. The Kier molecular flexibility index (Phi) is 3.21. The van der Waals surface area contributed by atoms with Crippen LogP contribution in [0.1, 0.15) is 33.1 Å². The molecule has 0 heterocycles. The lowest BCUT2D eigenvalue weighted by molar-refractivity contribution is -0.139. The first-order valence-corrected chi connectivity index (χ1v) is 5.03. The van der Waals surface area contributed by atoms with E-state index in [4.69, 9.17) is 5.11 Å². The molecule has 0 aromatic carbocycles. The molecule has 0 aromatic heterocycles. The fraction of sp³-hybridized carbons (Fsp3) is 1.00. The van der Waals surface area contributed by atoms with E-state index in [1.165, 1.54) is 0 Å². The lowest BCUT2D eigenvalue weighted by Crippen LogP contribution is -2.50. The van der Waals surface area contributed by atoms with Crippen molar-refractivity contribution in [2.45, 2.75) is 50.4 Å². The molecular formula is C10H20O4. The van der Waals surface area contributed by atoms with Gasteiger partial charge in [0.25, 0.3) is 0 Å². The van der Waals surface area contributed by atoms with E-state index >= 15 is 0 Å². The minimum atomic E-state index is -1.16. The summed E-state index contributed by atoms with van der Waals surface area (Å²) < 4.78 is 0. The normalized spacial score (nSPS) is 43.3. The maximum atomic E-state index is 9.79. The van der Waals surface area contributed by atoms with Crippen molar-refractivity contribution in [2.75, 3.05) is 6.61 Å². The third-order valence-corrected chi connectivity index (χ3v) is 3.42. The van der Waals surface area contributed by atoms with Gasteiger partial charge in [-0.1, -0.05) is 0 Å². The number of aliphatic hydroxyl groups is 4. The van der Waals surface area contributed by atoms with Crippen molar-refractivity contribution in [1.29, 1.82) is 0 Å². The number of hydrogen-bond donors (Lipinski definition) is 4. The molecule has 0 bridgehead atoms. The molecule has 0 saturated heterocycles. The van der Waals surface area contributed by atoms with Crippen LogP contribution in [0.4, 0.5) is 0 Å². The molecule has 0 aromatic rings. The van der Waals surface area contributed by atoms with Crippen LogP contribution < -0.4 is 0 Å². The molecule has 1 fully saturated rings. The van der Waals surface area contributed by atoms with Gasteiger partial charge in [0.1, 0.15) is 0 Å². The van der Waals surface area contributed by atoms with E-state index in [1.54, 1.807) is 13.8 Å². The first-order valence-electron chi connectivity index (χ1n) is 5.03. The van der Waals surface area contributed by atoms with Crippen LogP contribution in [0.15, 0.2) is 0 Å². The molecular weight excluding hydrogens is 184 g/mol. The van der Waals surface area contributed by atoms with Crippen LogP contribution in [-0.2, 0) is 0 Å². The second kappa shape index (κ2) is 3.77. The van der Waals surface area contributed by atoms with Gasteiger partial charge < -0.3 is 20.4 Å². The number of aliphatic hydroxyl groups excluding tert-OH is 2. The Hall–Kier alpha value is -0.160. The van der Waals surface area contributed by atoms with Gasteiger partial charge in [0.05, 0.1) is 23.9 Å². The predicted molar refractivity (Wildman–Crippen MR) is 51.7 cm³/mol. The molecule has 0 spiro atoms. The topological polar surface area (TPSA) is 80.9 Å². The van der Waals surface area contributed by atoms with Gasteiger partial charge in [0, 0.05) is 0 Å². The zero-order chi connectivity index (χ0) is 11.0. The van der Waals surface area contributed by atoms with Crippen LogP contribution in [-0.4, -0.2) is 44.3 Å². The monoisotopic (exact) mass is 204 g/mol. The van der Waals surface area contributed by atoms with E-state index in [0.717, 1.165) is 0 Å². The molecule has 4 atom stereocenters. The smallest absolute Gasteiger partial charge is 0.0878 e. The molecule has 84 valence electrons. The molecule has 4 heteroatoms. The lowest BCUT2D eigenvalue weighted by atomic mass is 9.71. The average Bonchev–Trinajstić information content (AvgIpc) is 2.09. The molecule has 1 aliphatic rings. The second-order valence-electron chi connectivity index (χ2n) is 4.86. The molecule has 0 aliphatic heterocycles. The maximum absolute atomic E-state index is 9.79. The third-order valence-electron chi connectivity index (χ3n) is 3.42. The van der Waals surface area contributed by atoms with Crippen molar-refractivity contribution in [1.82, 2.24) is 0 Å². The van der Waals surface area contributed by atoms with Crippen molar-refractivity contribution in [3.63, 3.8) is 0 Å². The summed E-state index contributed by atoms with van der Waals surface area (Å²) in [7, 11) is 0. The summed E-state index contributed by atoms with van der Waals surface area (Å²) in [5, 5.41) is 38.1. The van der Waals surface area contributed by atoms with Crippen LogP contribution in [0, 0.1) is 5.92 Å². The zero-order valence-corrected chi connectivity index (χ0v) is 8.77. The minimum absolute atomic E-state index is 0.150. The molecule has 1 saturated carbocycles. The van der Waals surface area contributed by atoms with Crippen LogP contribution in [0.3, 0.4) is 0 Å². The van der Waals surface area contributed by atoms with Crippen molar-refractivity contribution >= 4 is 0 Å². The summed E-state index contributed by atoms with van der Waals surface area (Å²) in [5.74, 6) is -0.150. The van der Waals surface area contributed by atoms with Crippen LogP contribution in [0.25, 0.3) is 0 Å². The SMILES string of the molecule is C[C@](O)(CO)[C@@H]1CC[C@](C)(O)[C@H](O)C1. The van der Waals surface area contributed by atoms with Gasteiger partial charge in [-0.15, -0.1) is 0 Å². The molecule has 1 aliphatic carbocycles. The zero-order valence-electron chi connectivity index (χ0n) is 8.77. The van der Waals surface area contributed by atoms with Gasteiger partial charge in [-0.3, -0.25) is 0 Å². The molecule has 0 unspecified atom stereocenters. The summed E-state index contributed by atoms with van der Waals surface area (Å²) in [6, 6.07) is 0. The van der Waals surface area contributed by atoms with Gasteiger partial charge in [0.15, 0.2) is 0 Å². The minimum Gasteiger partial charge on any atom is -0.393 e. The summed E-state index contributed by atoms with van der Waals surface area (Å²) in [4.78, 5) is 0. The quantitative estimate of drug-likeness (QED) is 0.495. The van der Waals surface area contributed by atoms with Gasteiger partial charge in [-0.25, -0.2) is 0 Å². The van der Waals surface area contributed by atoms with E-state index in [2.05, 4.69) is 0 Å². The van der Waals surface area contributed by atoms with Crippen LogP contribution >= 0.6 is 0 Å². The Labute approximate surface area is 84.2 Å². The fourth-order valence-electron chi connectivity index (χ4n) is 1.97. The second-order valence-corrected chi connectivity index (χ2v) is 4.86. The summed E-state index contributed by atoms with van der Waals surface area (Å²) in [6.45, 7) is 2.85. The Morgan fingerprint density at radius 3 is 2.50 bits per heavy atom. The van der Waals surface area contributed by atoms with Gasteiger partial charge in [-0.05, 0) is 39.0 Å². The first-order chi connectivity index (χ1) is 6.29. The molecule has 14 heavy (non-hydrogen) atoms. The van der Waals surface area contributed by atoms with Gasteiger partial charge in [0.2, 0.25) is 0 Å². The molecule has 4 nitrogen and oxygen atoms in total. The van der Waals surface area contributed by atoms with Gasteiger partial charge in [-0.2, -0.15) is 0 Å². The lowest BCUT2D eigenvalue weighted by Gasteiger charge is -2.42. The summed E-state index contributed by atoms with van der Waals surface area (Å²) in [6.07, 6.45) is 0.590. The van der Waals surface area contributed by atoms with E-state index < -0.39 is 17.3 Å². The van der Waals surface area contributed by atoms with Crippen molar-refractivity contribution in [2.24, 2.45) is 5.92 Å². The van der Waals surface area contributed by atoms with Crippen molar-refractivity contribution < 1.29 is 20.4 Å². The number of rotatable bonds is 2. The van der Waals surface area contributed by atoms with Gasteiger partial charge >= 0.3 is 0 Å². The fourth-order valence-corrected chi connectivity index (χ4v) is 1.97. The largest absolute Gasteiger partial charge is 0.393 e. The Morgan fingerprint density at radius 2 is 2.07 bits per heavy atom. The highest BCUT2D eigenvalue weighted by atomic mass is 16.3. The van der Waals surface area contributed by atoms with Crippen LogP contribution in [0.2, 0.25) is 0 Å². The van der Waals surface area contributed by atoms with E-state index in [9.17, 15) is 15.3 Å². The highest BCUT2D eigenvalue weighted by molar-refractivity contribution is 4.95. The first kappa shape index (κ1) is 11.9. The Bertz CT molecular complexity index is 200. The summed E-state index contributed by atoms with van der Waals surface area (Å²) in [5.41, 5.74) is -2.21. The molecule has 0 radical (unpaired) electrons. The Balaban J connectivity index is 2.63. The van der Waals surface area contributed by atoms with Crippen molar-refractivity contribution in [3.8, 4) is 0 Å². The average molecular weight is 204 g/mol. The van der Waals surface area contributed by atoms with Crippen LogP contribution in [0.5, 0.6) is 0 Å². The highest BCUT2D eigenvalue weighted by Gasteiger charge is 2.43. The predicted octanol–water partition coefficient (Wildman–Crippen LogP) is -0.358.